The van der Waals surface area contributed by atoms with Crippen molar-refractivity contribution in [3.63, 3.8) is 0 Å². The fraction of sp³-hybridized carbons (Fsp3) is 0.227. The lowest BCUT2D eigenvalue weighted by Crippen LogP contribution is -2.17. The predicted octanol–water partition coefficient (Wildman–Crippen LogP) is 4.48. The van der Waals surface area contributed by atoms with Gasteiger partial charge in [-0.2, -0.15) is 0 Å². The third kappa shape index (κ3) is 4.91. The van der Waals surface area contributed by atoms with Crippen molar-refractivity contribution >= 4 is 0 Å². The van der Waals surface area contributed by atoms with Crippen LogP contribution < -0.4 is 10.1 Å². The van der Waals surface area contributed by atoms with Crippen LogP contribution >= 0.6 is 0 Å². The van der Waals surface area contributed by atoms with Gasteiger partial charge >= 0.3 is 0 Å². The van der Waals surface area contributed by atoms with Gasteiger partial charge in [-0.25, -0.2) is 0 Å². The molecule has 25 heavy (non-hydrogen) atoms. The second-order valence-corrected chi connectivity index (χ2v) is 5.92. The highest BCUT2D eigenvalue weighted by molar-refractivity contribution is 5.62. The standard InChI is InChI=1S/C22H24N2O/c1-2-25-22-11-7-6-10-20(22)16-23-13-12-18-14-21(17-24-15-18)19-8-4-3-5-9-19/h3-11,14-15,17,23H,2,12-13,16H2,1H3. The second-order valence-electron chi connectivity index (χ2n) is 5.92. The third-order valence-electron chi connectivity index (χ3n) is 4.08. The first-order chi connectivity index (χ1) is 12.4. The van der Waals surface area contributed by atoms with Gasteiger partial charge in [0, 0.05) is 30.1 Å². The van der Waals surface area contributed by atoms with Gasteiger partial charge in [-0.05, 0) is 43.1 Å². The number of rotatable bonds is 8. The Bertz CT molecular complexity index is 787. The first-order valence-corrected chi connectivity index (χ1v) is 8.77. The summed E-state index contributed by atoms with van der Waals surface area (Å²) < 4.78 is 5.67. The molecular weight excluding hydrogens is 308 g/mol. The van der Waals surface area contributed by atoms with E-state index in [0.717, 1.165) is 25.3 Å². The number of nitrogens with zero attached hydrogens (tertiary/aromatic N) is 1. The number of ether oxygens (including phenoxy) is 1. The van der Waals surface area contributed by atoms with E-state index in [-0.39, 0.29) is 0 Å². The van der Waals surface area contributed by atoms with Crippen LogP contribution in [-0.4, -0.2) is 18.1 Å². The molecule has 1 aromatic heterocycles. The Kier molecular flexibility index (Phi) is 6.18. The Balaban J connectivity index is 1.55. The molecule has 0 fully saturated rings. The Hall–Kier alpha value is -2.65. The van der Waals surface area contributed by atoms with E-state index in [1.807, 2.05) is 43.6 Å². The Morgan fingerprint density at radius 2 is 1.72 bits per heavy atom. The van der Waals surface area contributed by atoms with E-state index in [2.05, 4.69) is 46.7 Å². The van der Waals surface area contributed by atoms with Gasteiger partial charge in [-0.3, -0.25) is 4.98 Å². The minimum Gasteiger partial charge on any atom is -0.494 e. The molecule has 128 valence electrons. The van der Waals surface area contributed by atoms with E-state index < -0.39 is 0 Å². The molecule has 2 aromatic carbocycles. The van der Waals surface area contributed by atoms with Crippen molar-refractivity contribution in [1.29, 1.82) is 0 Å². The van der Waals surface area contributed by atoms with E-state index in [0.29, 0.717) is 6.61 Å². The molecule has 0 atom stereocenters. The lowest BCUT2D eigenvalue weighted by atomic mass is 10.1. The maximum atomic E-state index is 5.67. The Morgan fingerprint density at radius 3 is 2.56 bits per heavy atom. The maximum absolute atomic E-state index is 5.67. The molecule has 3 rings (SSSR count). The van der Waals surface area contributed by atoms with Crippen molar-refractivity contribution in [1.82, 2.24) is 10.3 Å². The fourth-order valence-electron chi connectivity index (χ4n) is 2.81. The summed E-state index contributed by atoms with van der Waals surface area (Å²) in [7, 11) is 0. The van der Waals surface area contributed by atoms with Crippen LogP contribution in [0.1, 0.15) is 18.1 Å². The highest BCUT2D eigenvalue weighted by Crippen LogP contribution is 2.19. The SMILES string of the molecule is CCOc1ccccc1CNCCc1cncc(-c2ccccc2)c1. The molecule has 1 heterocycles. The van der Waals surface area contributed by atoms with Crippen LogP contribution in [0.3, 0.4) is 0 Å². The normalized spacial score (nSPS) is 10.6. The third-order valence-corrected chi connectivity index (χ3v) is 4.08. The zero-order valence-corrected chi connectivity index (χ0v) is 14.6. The van der Waals surface area contributed by atoms with E-state index in [4.69, 9.17) is 4.74 Å². The quantitative estimate of drug-likeness (QED) is 0.618. The van der Waals surface area contributed by atoms with Gasteiger partial charge < -0.3 is 10.1 Å². The number of benzene rings is 2. The van der Waals surface area contributed by atoms with Gasteiger partial charge in [-0.1, -0.05) is 48.5 Å². The smallest absolute Gasteiger partial charge is 0.123 e. The molecule has 3 nitrogen and oxygen atoms in total. The number of aromatic nitrogens is 1. The lowest BCUT2D eigenvalue weighted by Gasteiger charge is -2.11. The summed E-state index contributed by atoms with van der Waals surface area (Å²) in [5.74, 6) is 0.963. The summed E-state index contributed by atoms with van der Waals surface area (Å²) in [6.45, 7) is 4.41. The van der Waals surface area contributed by atoms with Crippen molar-refractivity contribution < 1.29 is 4.74 Å². The second kappa shape index (κ2) is 9.00. The largest absolute Gasteiger partial charge is 0.494 e. The molecule has 0 saturated carbocycles. The minimum atomic E-state index is 0.689. The van der Waals surface area contributed by atoms with Gasteiger partial charge in [0.1, 0.15) is 5.75 Å². The molecule has 3 aromatic rings. The molecule has 0 saturated heterocycles. The average molecular weight is 332 g/mol. The number of pyridine rings is 1. The van der Waals surface area contributed by atoms with Crippen LogP contribution in [0.25, 0.3) is 11.1 Å². The number of para-hydroxylation sites is 1. The van der Waals surface area contributed by atoms with Crippen molar-refractivity contribution in [2.75, 3.05) is 13.2 Å². The average Bonchev–Trinajstić information content (AvgIpc) is 2.68. The molecule has 0 aliphatic rings. The van der Waals surface area contributed by atoms with Crippen LogP contribution in [0, 0.1) is 0 Å². The fourth-order valence-corrected chi connectivity index (χ4v) is 2.81. The van der Waals surface area contributed by atoms with Crippen LogP contribution in [0.4, 0.5) is 0 Å². The van der Waals surface area contributed by atoms with Gasteiger partial charge in [0.2, 0.25) is 0 Å². The molecule has 3 heteroatoms. The number of hydrogen-bond donors (Lipinski definition) is 1. The number of hydrogen-bond acceptors (Lipinski definition) is 3. The zero-order valence-electron chi connectivity index (χ0n) is 14.6. The van der Waals surface area contributed by atoms with Crippen molar-refractivity contribution in [2.45, 2.75) is 19.9 Å². The predicted molar refractivity (Wildman–Crippen MR) is 103 cm³/mol. The van der Waals surface area contributed by atoms with Crippen LogP contribution in [0.15, 0.2) is 73.1 Å². The first kappa shape index (κ1) is 17.2. The molecule has 0 aliphatic carbocycles. The van der Waals surface area contributed by atoms with E-state index in [1.54, 1.807) is 0 Å². The van der Waals surface area contributed by atoms with Gasteiger partial charge in [0.25, 0.3) is 0 Å². The van der Waals surface area contributed by atoms with Crippen molar-refractivity contribution in [2.24, 2.45) is 0 Å². The molecule has 0 aliphatic heterocycles. The molecule has 0 radical (unpaired) electrons. The summed E-state index contributed by atoms with van der Waals surface area (Å²) in [5, 5.41) is 3.50. The molecular formula is C22H24N2O. The summed E-state index contributed by atoms with van der Waals surface area (Å²) in [5.41, 5.74) is 4.81. The highest BCUT2D eigenvalue weighted by Gasteiger charge is 2.03. The van der Waals surface area contributed by atoms with Crippen LogP contribution in [0.2, 0.25) is 0 Å². The number of nitrogens with one attached hydrogen (secondary N) is 1. The summed E-state index contributed by atoms with van der Waals surface area (Å²) in [4.78, 5) is 4.39. The van der Waals surface area contributed by atoms with E-state index >= 15 is 0 Å². The molecule has 0 amide bonds. The topological polar surface area (TPSA) is 34.1 Å². The monoisotopic (exact) mass is 332 g/mol. The first-order valence-electron chi connectivity index (χ1n) is 8.77. The minimum absolute atomic E-state index is 0.689. The molecule has 0 spiro atoms. The Morgan fingerprint density at radius 1 is 0.920 bits per heavy atom. The van der Waals surface area contributed by atoms with Crippen molar-refractivity contribution in [3.8, 4) is 16.9 Å². The van der Waals surface area contributed by atoms with Gasteiger partial charge in [0.05, 0.1) is 6.61 Å². The summed E-state index contributed by atoms with van der Waals surface area (Å²) >= 11 is 0. The van der Waals surface area contributed by atoms with Crippen molar-refractivity contribution in [3.05, 3.63) is 84.2 Å². The maximum Gasteiger partial charge on any atom is 0.123 e. The zero-order chi connectivity index (χ0) is 17.3. The Labute approximate surface area is 149 Å². The van der Waals surface area contributed by atoms with E-state index in [9.17, 15) is 0 Å². The van der Waals surface area contributed by atoms with Gasteiger partial charge in [0.15, 0.2) is 0 Å². The van der Waals surface area contributed by atoms with E-state index in [1.165, 1.54) is 22.3 Å². The van der Waals surface area contributed by atoms with Crippen LogP contribution in [-0.2, 0) is 13.0 Å². The molecule has 0 unspecified atom stereocenters. The van der Waals surface area contributed by atoms with Crippen LogP contribution in [0.5, 0.6) is 5.75 Å². The van der Waals surface area contributed by atoms with Gasteiger partial charge in [-0.15, -0.1) is 0 Å². The summed E-state index contributed by atoms with van der Waals surface area (Å²) in [6, 6.07) is 20.8. The molecule has 0 bridgehead atoms. The lowest BCUT2D eigenvalue weighted by molar-refractivity contribution is 0.335. The molecule has 1 N–H and O–H groups in total. The highest BCUT2D eigenvalue weighted by atomic mass is 16.5. The summed E-state index contributed by atoms with van der Waals surface area (Å²) in [6.07, 6.45) is 4.82.